The third-order valence-electron chi connectivity index (χ3n) is 3.26. The average Bonchev–Trinajstić information content (AvgIpc) is 2.39. The van der Waals surface area contributed by atoms with E-state index in [9.17, 15) is 0 Å². The number of hydrogen-bond donors (Lipinski definition) is 0. The lowest BCUT2D eigenvalue weighted by Crippen LogP contribution is -1.94. The van der Waals surface area contributed by atoms with E-state index in [1.54, 1.807) is 0 Å². The molecule has 2 rings (SSSR count). The van der Waals surface area contributed by atoms with Crippen LogP contribution >= 0.6 is 31.9 Å². The predicted octanol–water partition coefficient (Wildman–Crippen LogP) is 6.06. The van der Waals surface area contributed by atoms with Crippen LogP contribution in [0, 0.1) is 20.8 Å². The fraction of sp³-hybridized carbons (Fsp3) is 0.250. The van der Waals surface area contributed by atoms with Crippen LogP contribution < -0.4 is 4.74 Å². The molecule has 100 valence electrons. The summed E-state index contributed by atoms with van der Waals surface area (Å²) in [5.74, 6) is 1.81. The van der Waals surface area contributed by atoms with Gasteiger partial charge in [0.2, 0.25) is 0 Å². The van der Waals surface area contributed by atoms with Gasteiger partial charge in [0.05, 0.1) is 0 Å². The van der Waals surface area contributed by atoms with E-state index in [1.165, 1.54) is 16.7 Å². The minimum Gasteiger partial charge on any atom is -0.457 e. The first kappa shape index (κ1) is 14.6. The third-order valence-corrected chi connectivity index (χ3v) is 4.60. The standard InChI is InChI=1S/C16H16Br2O/c1-10-4-5-11(2)16(12(10)3)19-14-7-6-13(9-17)15(18)8-14/h4-8H,9H2,1-3H3. The fourth-order valence-electron chi connectivity index (χ4n) is 1.90. The largest absolute Gasteiger partial charge is 0.457 e. The Hall–Kier alpha value is -0.800. The van der Waals surface area contributed by atoms with Crippen LogP contribution in [0.15, 0.2) is 34.8 Å². The molecule has 0 amide bonds. The Bertz CT molecular complexity index is 606. The summed E-state index contributed by atoms with van der Waals surface area (Å²) in [5, 5.41) is 0.830. The molecule has 0 fully saturated rings. The van der Waals surface area contributed by atoms with Gasteiger partial charge in [-0.3, -0.25) is 0 Å². The number of rotatable bonds is 3. The fourth-order valence-corrected chi connectivity index (χ4v) is 3.26. The van der Waals surface area contributed by atoms with Crippen molar-refractivity contribution in [2.45, 2.75) is 26.1 Å². The van der Waals surface area contributed by atoms with Gasteiger partial charge in [-0.1, -0.05) is 50.1 Å². The molecule has 0 unspecified atom stereocenters. The van der Waals surface area contributed by atoms with Gasteiger partial charge in [0.25, 0.3) is 0 Å². The maximum absolute atomic E-state index is 6.06. The second-order valence-corrected chi connectivity index (χ2v) is 6.06. The van der Waals surface area contributed by atoms with Crippen LogP contribution in [-0.2, 0) is 5.33 Å². The van der Waals surface area contributed by atoms with Crippen LogP contribution in [0.25, 0.3) is 0 Å². The Balaban J connectivity index is 2.36. The monoisotopic (exact) mass is 382 g/mol. The van der Waals surface area contributed by atoms with Crippen molar-refractivity contribution in [1.82, 2.24) is 0 Å². The van der Waals surface area contributed by atoms with Crippen molar-refractivity contribution in [1.29, 1.82) is 0 Å². The second-order valence-electron chi connectivity index (χ2n) is 4.64. The summed E-state index contributed by atoms with van der Waals surface area (Å²) in [6.07, 6.45) is 0. The van der Waals surface area contributed by atoms with Crippen molar-refractivity contribution >= 4 is 31.9 Å². The van der Waals surface area contributed by atoms with Crippen LogP contribution in [0.5, 0.6) is 11.5 Å². The SMILES string of the molecule is Cc1ccc(C)c(Oc2ccc(CBr)c(Br)c2)c1C. The average molecular weight is 384 g/mol. The van der Waals surface area contributed by atoms with Crippen LogP contribution in [0.4, 0.5) is 0 Å². The van der Waals surface area contributed by atoms with Gasteiger partial charge < -0.3 is 4.74 Å². The van der Waals surface area contributed by atoms with Crippen molar-refractivity contribution in [3.63, 3.8) is 0 Å². The first-order valence-electron chi connectivity index (χ1n) is 6.12. The molecule has 0 saturated heterocycles. The Morgan fingerprint density at radius 3 is 2.32 bits per heavy atom. The van der Waals surface area contributed by atoms with Crippen LogP contribution in [-0.4, -0.2) is 0 Å². The highest BCUT2D eigenvalue weighted by Crippen LogP contribution is 2.33. The number of benzene rings is 2. The van der Waals surface area contributed by atoms with Crippen molar-refractivity contribution in [2.75, 3.05) is 0 Å². The molecule has 0 aliphatic carbocycles. The van der Waals surface area contributed by atoms with Crippen molar-refractivity contribution in [3.05, 3.63) is 57.1 Å². The maximum Gasteiger partial charge on any atom is 0.133 e. The van der Waals surface area contributed by atoms with Crippen LogP contribution in [0.3, 0.4) is 0 Å². The van der Waals surface area contributed by atoms with Crippen LogP contribution in [0.1, 0.15) is 22.3 Å². The molecule has 0 aromatic heterocycles. The van der Waals surface area contributed by atoms with Gasteiger partial charge in [-0.2, -0.15) is 0 Å². The lowest BCUT2D eigenvalue weighted by atomic mass is 10.1. The van der Waals surface area contributed by atoms with E-state index < -0.39 is 0 Å². The summed E-state index contributed by atoms with van der Waals surface area (Å²) in [7, 11) is 0. The summed E-state index contributed by atoms with van der Waals surface area (Å²) in [5.41, 5.74) is 4.81. The van der Waals surface area contributed by atoms with Crippen molar-refractivity contribution in [3.8, 4) is 11.5 Å². The van der Waals surface area contributed by atoms with Gasteiger partial charge in [0.1, 0.15) is 11.5 Å². The Labute approximate surface area is 131 Å². The molecule has 2 aromatic rings. The highest BCUT2D eigenvalue weighted by Gasteiger charge is 2.09. The van der Waals surface area contributed by atoms with E-state index in [2.05, 4.69) is 70.8 Å². The molecule has 1 nitrogen and oxygen atoms in total. The van der Waals surface area contributed by atoms with Gasteiger partial charge in [0.15, 0.2) is 0 Å². The Morgan fingerprint density at radius 1 is 1.00 bits per heavy atom. The molecule has 0 aliphatic rings. The van der Waals surface area contributed by atoms with Gasteiger partial charge in [-0.15, -0.1) is 0 Å². The lowest BCUT2D eigenvalue weighted by Gasteiger charge is -2.14. The lowest BCUT2D eigenvalue weighted by molar-refractivity contribution is 0.474. The molecule has 19 heavy (non-hydrogen) atoms. The molecule has 0 heterocycles. The Kier molecular flexibility index (Phi) is 4.69. The van der Waals surface area contributed by atoms with Crippen molar-refractivity contribution in [2.24, 2.45) is 0 Å². The highest BCUT2D eigenvalue weighted by molar-refractivity contribution is 9.10. The number of ether oxygens (including phenoxy) is 1. The number of halogens is 2. The normalized spacial score (nSPS) is 10.6. The Morgan fingerprint density at radius 2 is 1.68 bits per heavy atom. The van der Waals surface area contributed by atoms with Gasteiger partial charge in [-0.05, 0) is 55.2 Å². The van der Waals surface area contributed by atoms with E-state index in [0.29, 0.717) is 0 Å². The van der Waals surface area contributed by atoms with Gasteiger partial charge in [0, 0.05) is 9.80 Å². The molecule has 0 saturated carbocycles. The third kappa shape index (κ3) is 3.21. The topological polar surface area (TPSA) is 9.23 Å². The molecule has 3 heteroatoms. The number of hydrogen-bond acceptors (Lipinski definition) is 1. The molecule has 0 aliphatic heterocycles. The number of aryl methyl sites for hydroxylation is 2. The minimum atomic E-state index is 0.830. The van der Waals surface area contributed by atoms with Gasteiger partial charge >= 0.3 is 0 Å². The van der Waals surface area contributed by atoms with Crippen molar-refractivity contribution < 1.29 is 4.74 Å². The van der Waals surface area contributed by atoms with E-state index in [-0.39, 0.29) is 0 Å². The van der Waals surface area contributed by atoms with E-state index in [0.717, 1.165) is 26.9 Å². The zero-order chi connectivity index (χ0) is 14.0. The van der Waals surface area contributed by atoms with Crippen LogP contribution in [0.2, 0.25) is 0 Å². The number of alkyl halides is 1. The summed E-state index contributed by atoms with van der Waals surface area (Å²) in [6, 6.07) is 10.3. The summed E-state index contributed by atoms with van der Waals surface area (Å²) in [6.45, 7) is 6.27. The molecular formula is C16H16Br2O. The van der Waals surface area contributed by atoms with E-state index >= 15 is 0 Å². The highest BCUT2D eigenvalue weighted by atomic mass is 79.9. The maximum atomic E-state index is 6.06. The summed E-state index contributed by atoms with van der Waals surface area (Å²) >= 11 is 7.02. The molecule has 0 N–H and O–H groups in total. The summed E-state index contributed by atoms with van der Waals surface area (Å²) < 4.78 is 7.12. The molecule has 0 bridgehead atoms. The first-order valence-corrected chi connectivity index (χ1v) is 8.03. The second kappa shape index (κ2) is 6.10. The van der Waals surface area contributed by atoms with E-state index in [1.807, 2.05) is 12.1 Å². The van der Waals surface area contributed by atoms with E-state index in [4.69, 9.17) is 4.74 Å². The molecular weight excluding hydrogens is 368 g/mol. The molecule has 0 spiro atoms. The smallest absolute Gasteiger partial charge is 0.133 e. The molecule has 0 atom stereocenters. The quantitative estimate of drug-likeness (QED) is 0.585. The van der Waals surface area contributed by atoms with Gasteiger partial charge in [-0.25, -0.2) is 0 Å². The molecule has 2 aromatic carbocycles. The minimum absolute atomic E-state index is 0.830. The first-order chi connectivity index (χ1) is 9.02. The predicted molar refractivity (Wildman–Crippen MR) is 87.5 cm³/mol. The summed E-state index contributed by atoms with van der Waals surface area (Å²) in [4.78, 5) is 0. The molecule has 0 radical (unpaired) electrons. The zero-order valence-electron chi connectivity index (χ0n) is 11.3. The zero-order valence-corrected chi connectivity index (χ0v) is 14.4.